The van der Waals surface area contributed by atoms with Crippen molar-refractivity contribution in [3.63, 3.8) is 0 Å². The summed E-state index contributed by atoms with van der Waals surface area (Å²) in [6.07, 6.45) is 5.46. The SMILES string of the molecule is CC(CCO)S(=O)(=O)c1ccc2c(c1)N(c1ncc(-c3ccccc3F)cn1)CC21CC1. The van der Waals surface area contributed by atoms with Crippen molar-refractivity contribution < 1.29 is 17.9 Å². The molecule has 0 radical (unpaired) electrons. The molecule has 1 aliphatic carbocycles. The van der Waals surface area contributed by atoms with Gasteiger partial charge in [-0.15, -0.1) is 0 Å². The number of anilines is 2. The van der Waals surface area contributed by atoms with Crippen molar-refractivity contribution in [2.24, 2.45) is 0 Å². The molecule has 1 saturated carbocycles. The number of sulfone groups is 1. The van der Waals surface area contributed by atoms with Crippen molar-refractivity contribution in [2.75, 3.05) is 18.1 Å². The van der Waals surface area contributed by atoms with Gasteiger partial charge >= 0.3 is 0 Å². The van der Waals surface area contributed by atoms with Crippen LogP contribution in [0.3, 0.4) is 0 Å². The van der Waals surface area contributed by atoms with Crippen LogP contribution in [0.1, 0.15) is 31.7 Å². The van der Waals surface area contributed by atoms with E-state index >= 15 is 0 Å². The number of fused-ring (bicyclic) bond motifs is 2. The van der Waals surface area contributed by atoms with Gasteiger partial charge in [-0.1, -0.05) is 24.3 Å². The monoisotopic (exact) mass is 453 g/mol. The predicted molar refractivity (Wildman–Crippen MR) is 120 cm³/mol. The maximum Gasteiger partial charge on any atom is 0.229 e. The summed E-state index contributed by atoms with van der Waals surface area (Å²) >= 11 is 0. The molecule has 0 amide bonds. The molecule has 1 atom stereocenters. The molecule has 6 nitrogen and oxygen atoms in total. The minimum absolute atomic E-state index is 0.0158. The van der Waals surface area contributed by atoms with Crippen LogP contribution in [0.4, 0.5) is 16.0 Å². The Balaban J connectivity index is 1.52. The van der Waals surface area contributed by atoms with Crippen molar-refractivity contribution in [2.45, 2.75) is 41.7 Å². The van der Waals surface area contributed by atoms with Crippen molar-refractivity contribution >= 4 is 21.5 Å². The molecule has 1 N–H and O–H groups in total. The molecule has 166 valence electrons. The molecule has 1 unspecified atom stereocenters. The summed E-state index contributed by atoms with van der Waals surface area (Å²) in [5.41, 5.74) is 2.96. The normalized spacial score (nSPS) is 17.4. The number of benzene rings is 2. The Kier molecular flexibility index (Phi) is 5.02. The van der Waals surface area contributed by atoms with E-state index in [9.17, 15) is 17.9 Å². The smallest absolute Gasteiger partial charge is 0.229 e. The summed E-state index contributed by atoms with van der Waals surface area (Å²) in [7, 11) is -3.56. The van der Waals surface area contributed by atoms with Crippen molar-refractivity contribution in [1.82, 2.24) is 9.97 Å². The molecule has 2 heterocycles. The van der Waals surface area contributed by atoms with E-state index < -0.39 is 15.1 Å². The van der Waals surface area contributed by atoms with Crippen LogP contribution >= 0.6 is 0 Å². The van der Waals surface area contributed by atoms with Gasteiger partial charge in [0.15, 0.2) is 9.84 Å². The van der Waals surface area contributed by atoms with Gasteiger partial charge in [-0.25, -0.2) is 22.8 Å². The molecule has 8 heteroatoms. The van der Waals surface area contributed by atoms with E-state index in [4.69, 9.17) is 0 Å². The van der Waals surface area contributed by atoms with Gasteiger partial charge in [-0.05, 0) is 49.9 Å². The van der Waals surface area contributed by atoms with E-state index in [1.165, 1.54) is 6.07 Å². The molecule has 2 aromatic carbocycles. The number of nitrogens with zero attached hydrogens (tertiary/aromatic N) is 3. The number of aliphatic hydroxyl groups is 1. The van der Waals surface area contributed by atoms with Crippen molar-refractivity contribution in [3.8, 4) is 11.1 Å². The number of hydrogen-bond acceptors (Lipinski definition) is 6. The molecular weight excluding hydrogens is 429 g/mol. The van der Waals surface area contributed by atoms with Gasteiger partial charge in [-0.3, -0.25) is 0 Å². The molecule has 1 aromatic heterocycles. The van der Waals surface area contributed by atoms with Gasteiger partial charge in [0.25, 0.3) is 0 Å². The average molecular weight is 454 g/mol. The highest BCUT2D eigenvalue weighted by atomic mass is 32.2. The third kappa shape index (κ3) is 3.38. The molecule has 32 heavy (non-hydrogen) atoms. The minimum Gasteiger partial charge on any atom is -0.396 e. The van der Waals surface area contributed by atoms with E-state index in [0.29, 0.717) is 23.6 Å². The number of rotatable bonds is 6. The third-order valence-electron chi connectivity index (χ3n) is 6.60. The zero-order valence-electron chi connectivity index (χ0n) is 17.7. The van der Waals surface area contributed by atoms with Gasteiger partial charge in [-0.2, -0.15) is 0 Å². The lowest BCUT2D eigenvalue weighted by Gasteiger charge is -2.19. The largest absolute Gasteiger partial charge is 0.396 e. The number of aromatic nitrogens is 2. The first kappa shape index (κ1) is 21.0. The molecule has 1 fully saturated rings. The zero-order valence-corrected chi connectivity index (χ0v) is 18.5. The highest BCUT2D eigenvalue weighted by Gasteiger charge is 2.52. The standard InChI is InChI=1S/C24H24FN3O3S/c1-16(8-11-29)32(30,31)18-6-7-20-22(12-18)28(15-24(20)9-10-24)23-26-13-17(14-27-23)19-4-2-3-5-21(19)25/h2-7,12-14,16,29H,8-11,15H2,1H3. The summed E-state index contributed by atoms with van der Waals surface area (Å²) in [5.74, 6) is 0.132. The summed E-state index contributed by atoms with van der Waals surface area (Å²) in [6.45, 7) is 2.13. The summed E-state index contributed by atoms with van der Waals surface area (Å²) in [5, 5.41) is 8.50. The van der Waals surface area contributed by atoms with Crippen LogP contribution in [-0.2, 0) is 15.3 Å². The van der Waals surface area contributed by atoms with E-state index in [1.54, 1.807) is 49.6 Å². The average Bonchev–Trinajstić information content (AvgIpc) is 3.51. The highest BCUT2D eigenvalue weighted by Crippen LogP contribution is 2.58. The minimum atomic E-state index is -3.56. The van der Waals surface area contributed by atoms with Crippen molar-refractivity contribution in [1.29, 1.82) is 0 Å². The Hall–Kier alpha value is -2.84. The molecule has 1 spiro atoms. The van der Waals surface area contributed by atoms with Crippen LogP contribution in [-0.4, -0.2) is 41.9 Å². The summed E-state index contributed by atoms with van der Waals surface area (Å²) in [6, 6.07) is 11.8. The van der Waals surface area contributed by atoms with Gasteiger partial charge < -0.3 is 10.0 Å². The predicted octanol–water partition coefficient (Wildman–Crippen LogP) is 4.01. The fraction of sp³-hybridized carbons (Fsp3) is 0.333. The maximum absolute atomic E-state index is 14.1. The summed E-state index contributed by atoms with van der Waals surface area (Å²) in [4.78, 5) is 11.2. The fourth-order valence-corrected chi connectivity index (χ4v) is 5.87. The van der Waals surface area contributed by atoms with Gasteiger partial charge in [0.2, 0.25) is 5.95 Å². The van der Waals surface area contributed by atoms with Crippen LogP contribution in [0.2, 0.25) is 0 Å². The van der Waals surface area contributed by atoms with E-state index in [2.05, 4.69) is 9.97 Å². The highest BCUT2D eigenvalue weighted by molar-refractivity contribution is 7.92. The van der Waals surface area contributed by atoms with Crippen LogP contribution in [0.25, 0.3) is 11.1 Å². The second-order valence-corrected chi connectivity index (χ2v) is 11.0. The number of halogens is 1. The number of hydrogen-bond donors (Lipinski definition) is 1. The van der Waals surface area contributed by atoms with Crippen LogP contribution in [0.15, 0.2) is 59.8 Å². The molecule has 0 bridgehead atoms. The molecule has 0 saturated heterocycles. The van der Waals surface area contributed by atoms with Gasteiger partial charge in [0.1, 0.15) is 5.82 Å². The quantitative estimate of drug-likeness (QED) is 0.607. The van der Waals surface area contributed by atoms with Gasteiger partial charge in [0.05, 0.1) is 10.1 Å². The molecule has 1 aliphatic heterocycles. The molecule has 2 aliphatic rings. The molecular formula is C24H24FN3O3S. The first-order valence-corrected chi connectivity index (χ1v) is 12.2. The second kappa shape index (κ2) is 7.64. The Bertz CT molecular complexity index is 1270. The van der Waals surface area contributed by atoms with E-state index in [0.717, 1.165) is 24.1 Å². The number of aliphatic hydroxyl groups excluding tert-OH is 1. The van der Waals surface area contributed by atoms with Crippen LogP contribution in [0, 0.1) is 5.82 Å². The Morgan fingerprint density at radius 2 is 1.88 bits per heavy atom. The lowest BCUT2D eigenvalue weighted by Crippen LogP contribution is -2.21. The topological polar surface area (TPSA) is 83.4 Å². The second-order valence-electron chi connectivity index (χ2n) is 8.66. The van der Waals surface area contributed by atoms with Gasteiger partial charge in [0, 0.05) is 47.8 Å². The van der Waals surface area contributed by atoms with E-state index in [-0.39, 0.29) is 29.2 Å². The molecule has 3 aromatic rings. The van der Waals surface area contributed by atoms with Crippen LogP contribution in [0.5, 0.6) is 0 Å². The van der Waals surface area contributed by atoms with E-state index in [1.807, 2.05) is 11.0 Å². The third-order valence-corrected chi connectivity index (χ3v) is 8.81. The Morgan fingerprint density at radius 3 is 2.53 bits per heavy atom. The Labute approximate surface area is 186 Å². The first-order chi connectivity index (χ1) is 15.4. The molecule has 5 rings (SSSR count). The lowest BCUT2D eigenvalue weighted by atomic mass is 9.99. The maximum atomic E-state index is 14.1. The fourth-order valence-electron chi connectivity index (χ4n) is 4.45. The Morgan fingerprint density at radius 1 is 1.16 bits per heavy atom. The summed E-state index contributed by atoms with van der Waals surface area (Å²) < 4.78 is 40.1. The lowest BCUT2D eigenvalue weighted by molar-refractivity contribution is 0.287. The first-order valence-electron chi connectivity index (χ1n) is 10.7. The van der Waals surface area contributed by atoms with Crippen LogP contribution < -0.4 is 4.90 Å². The zero-order chi connectivity index (χ0) is 22.5. The van der Waals surface area contributed by atoms with Crippen molar-refractivity contribution in [3.05, 3.63) is 66.2 Å².